The normalized spacial score (nSPS) is 11.1. The van der Waals surface area contributed by atoms with Gasteiger partial charge in [0.15, 0.2) is 5.15 Å². The van der Waals surface area contributed by atoms with Crippen LogP contribution in [0.15, 0.2) is 49.1 Å². The minimum Gasteiger partial charge on any atom is -0.494 e. The van der Waals surface area contributed by atoms with E-state index in [1.54, 1.807) is 17.1 Å². The van der Waals surface area contributed by atoms with Crippen molar-refractivity contribution in [1.29, 1.82) is 0 Å². The summed E-state index contributed by atoms with van der Waals surface area (Å²) in [6.45, 7) is 2.55. The molecule has 4 rings (SSSR count). The van der Waals surface area contributed by atoms with E-state index in [-0.39, 0.29) is 0 Å². The molecule has 6 nitrogen and oxygen atoms in total. The van der Waals surface area contributed by atoms with Crippen molar-refractivity contribution in [3.05, 3.63) is 65.6 Å². The molecular formula is C20H18ClN5O. The quantitative estimate of drug-likeness (QED) is 0.489. The third-order valence-corrected chi connectivity index (χ3v) is 4.53. The fourth-order valence-electron chi connectivity index (χ4n) is 2.95. The van der Waals surface area contributed by atoms with Crippen LogP contribution >= 0.6 is 11.6 Å². The van der Waals surface area contributed by atoms with E-state index in [4.69, 9.17) is 16.3 Å². The summed E-state index contributed by atoms with van der Waals surface area (Å²) in [5.74, 6) is 1.49. The third-order valence-electron chi connectivity index (χ3n) is 4.26. The Balaban J connectivity index is 1.69. The average molecular weight is 380 g/mol. The van der Waals surface area contributed by atoms with Crippen molar-refractivity contribution in [3.63, 3.8) is 0 Å². The van der Waals surface area contributed by atoms with Crippen LogP contribution < -0.4 is 4.74 Å². The Morgan fingerprint density at radius 3 is 2.78 bits per heavy atom. The van der Waals surface area contributed by atoms with Crippen molar-refractivity contribution in [2.75, 3.05) is 6.61 Å². The summed E-state index contributed by atoms with van der Waals surface area (Å²) < 4.78 is 7.65. The molecule has 0 saturated carbocycles. The summed E-state index contributed by atoms with van der Waals surface area (Å²) in [4.78, 5) is 13.1. The summed E-state index contributed by atoms with van der Waals surface area (Å²) in [5.41, 5.74) is 3.78. The molecule has 0 spiro atoms. The van der Waals surface area contributed by atoms with Crippen molar-refractivity contribution in [2.45, 2.75) is 13.3 Å². The first kappa shape index (κ1) is 17.4. The molecule has 0 aliphatic heterocycles. The number of benzene rings is 1. The van der Waals surface area contributed by atoms with E-state index < -0.39 is 0 Å². The number of hydrogen-bond acceptors (Lipinski definition) is 5. The average Bonchev–Trinajstić information content (AvgIpc) is 3.10. The van der Waals surface area contributed by atoms with Crippen molar-refractivity contribution < 1.29 is 4.74 Å². The topological polar surface area (TPSA) is 65.7 Å². The Morgan fingerprint density at radius 2 is 2.00 bits per heavy atom. The molecule has 0 aliphatic carbocycles. The van der Waals surface area contributed by atoms with Gasteiger partial charge in [-0.2, -0.15) is 5.10 Å². The van der Waals surface area contributed by atoms with Crippen molar-refractivity contribution in [1.82, 2.24) is 24.7 Å². The SMILES string of the molecule is CCOc1cc(-c2cnn(C)c2)ccc1Cc1ncc2ccnc(Cl)c2n1. The van der Waals surface area contributed by atoms with Crippen LogP contribution in [0.2, 0.25) is 5.15 Å². The van der Waals surface area contributed by atoms with Gasteiger partial charge in [0.2, 0.25) is 0 Å². The van der Waals surface area contributed by atoms with Crippen molar-refractivity contribution >= 4 is 22.5 Å². The second kappa shape index (κ2) is 7.32. The predicted octanol–water partition coefficient (Wildman–Crippen LogP) is 4.07. The number of nitrogens with zero attached hydrogens (tertiary/aromatic N) is 5. The molecule has 3 heterocycles. The van der Waals surface area contributed by atoms with Gasteiger partial charge < -0.3 is 4.74 Å². The maximum absolute atomic E-state index is 6.17. The number of aryl methyl sites for hydroxylation is 1. The monoisotopic (exact) mass is 379 g/mol. The van der Waals surface area contributed by atoms with Crippen molar-refractivity contribution in [3.8, 4) is 16.9 Å². The molecule has 0 aliphatic rings. The predicted molar refractivity (Wildman–Crippen MR) is 105 cm³/mol. The van der Waals surface area contributed by atoms with Gasteiger partial charge in [-0.3, -0.25) is 4.68 Å². The molecular weight excluding hydrogens is 362 g/mol. The van der Waals surface area contributed by atoms with E-state index in [1.807, 2.05) is 44.6 Å². The fraction of sp³-hybridized carbons (Fsp3) is 0.200. The van der Waals surface area contributed by atoms with Crippen LogP contribution in [0.25, 0.3) is 22.0 Å². The molecule has 0 N–H and O–H groups in total. The molecule has 1 aromatic carbocycles. The Morgan fingerprint density at radius 1 is 1.11 bits per heavy atom. The number of aromatic nitrogens is 5. The molecule has 0 atom stereocenters. The first-order valence-electron chi connectivity index (χ1n) is 8.65. The van der Waals surface area contributed by atoms with Gasteiger partial charge in [-0.15, -0.1) is 0 Å². The summed E-state index contributed by atoms with van der Waals surface area (Å²) in [7, 11) is 1.90. The van der Waals surface area contributed by atoms with E-state index in [1.165, 1.54) is 0 Å². The molecule has 0 amide bonds. The summed E-state index contributed by atoms with van der Waals surface area (Å²) in [6.07, 6.45) is 7.79. The largest absolute Gasteiger partial charge is 0.494 e. The molecule has 0 fully saturated rings. The Bertz CT molecular complexity index is 1110. The molecule has 4 aromatic rings. The zero-order chi connectivity index (χ0) is 18.8. The van der Waals surface area contributed by atoms with Gasteiger partial charge in [0, 0.05) is 48.6 Å². The summed E-state index contributed by atoms with van der Waals surface area (Å²) in [6, 6.07) is 7.99. The second-order valence-corrected chi connectivity index (χ2v) is 6.52. The van der Waals surface area contributed by atoms with Gasteiger partial charge in [-0.1, -0.05) is 23.7 Å². The summed E-state index contributed by atoms with van der Waals surface area (Å²) in [5, 5.41) is 5.49. The van der Waals surface area contributed by atoms with E-state index in [0.717, 1.165) is 27.8 Å². The number of fused-ring (bicyclic) bond motifs is 1. The van der Waals surface area contributed by atoms with Gasteiger partial charge in [-0.25, -0.2) is 15.0 Å². The number of pyridine rings is 1. The highest BCUT2D eigenvalue weighted by atomic mass is 35.5. The molecule has 3 aromatic heterocycles. The van der Waals surface area contributed by atoms with Crippen LogP contribution in [-0.2, 0) is 13.5 Å². The first-order valence-corrected chi connectivity index (χ1v) is 9.02. The lowest BCUT2D eigenvalue weighted by Gasteiger charge is -2.12. The smallest absolute Gasteiger partial charge is 0.155 e. The first-order chi connectivity index (χ1) is 13.1. The molecule has 0 radical (unpaired) electrons. The number of hydrogen-bond donors (Lipinski definition) is 0. The number of rotatable bonds is 5. The van der Waals surface area contributed by atoms with E-state index >= 15 is 0 Å². The van der Waals surface area contributed by atoms with Crippen LogP contribution in [0, 0.1) is 0 Å². The minimum atomic E-state index is 0.383. The number of ether oxygens (including phenoxy) is 1. The van der Waals surface area contributed by atoms with E-state index in [2.05, 4.69) is 26.1 Å². The lowest BCUT2D eigenvalue weighted by atomic mass is 10.0. The van der Waals surface area contributed by atoms with Crippen molar-refractivity contribution in [2.24, 2.45) is 7.05 Å². The van der Waals surface area contributed by atoms with E-state index in [0.29, 0.717) is 29.5 Å². The van der Waals surface area contributed by atoms with Gasteiger partial charge >= 0.3 is 0 Å². The molecule has 0 saturated heterocycles. The highest BCUT2D eigenvalue weighted by molar-refractivity contribution is 6.33. The standard InChI is InChI=1S/C20H18ClN5O/c1-3-27-17-8-13(16-11-24-26(2)12-16)4-5-14(17)9-18-23-10-15-6-7-22-20(21)19(15)25-18/h4-8,10-12H,3,9H2,1-2H3. The van der Waals surface area contributed by atoms with Gasteiger partial charge in [0.05, 0.1) is 12.8 Å². The van der Waals surface area contributed by atoms with Crippen LogP contribution in [0.4, 0.5) is 0 Å². The maximum atomic E-state index is 6.17. The Kier molecular flexibility index (Phi) is 4.73. The zero-order valence-electron chi connectivity index (χ0n) is 15.1. The highest BCUT2D eigenvalue weighted by Gasteiger charge is 2.11. The highest BCUT2D eigenvalue weighted by Crippen LogP contribution is 2.29. The molecule has 136 valence electrons. The molecule has 7 heteroatoms. The van der Waals surface area contributed by atoms with Gasteiger partial charge in [0.1, 0.15) is 17.1 Å². The van der Waals surface area contributed by atoms with Crippen LogP contribution in [-0.4, -0.2) is 31.3 Å². The maximum Gasteiger partial charge on any atom is 0.155 e. The Labute approximate surface area is 161 Å². The zero-order valence-corrected chi connectivity index (χ0v) is 15.8. The van der Waals surface area contributed by atoms with Crippen LogP contribution in [0.5, 0.6) is 5.75 Å². The Hall–Kier alpha value is -2.99. The van der Waals surface area contributed by atoms with E-state index in [9.17, 15) is 0 Å². The minimum absolute atomic E-state index is 0.383. The second-order valence-electron chi connectivity index (χ2n) is 6.16. The molecule has 27 heavy (non-hydrogen) atoms. The molecule has 0 bridgehead atoms. The fourth-order valence-corrected chi connectivity index (χ4v) is 3.16. The lowest BCUT2D eigenvalue weighted by Crippen LogP contribution is -2.02. The summed E-state index contributed by atoms with van der Waals surface area (Å²) >= 11 is 6.17. The molecule has 0 unspecified atom stereocenters. The van der Waals surface area contributed by atoms with Gasteiger partial charge in [0.25, 0.3) is 0 Å². The van der Waals surface area contributed by atoms with Gasteiger partial charge in [-0.05, 0) is 24.6 Å². The van der Waals surface area contributed by atoms with Crippen LogP contribution in [0.3, 0.4) is 0 Å². The van der Waals surface area contributed by atoms with Crippen LogP contribution in [0.1, 0.15) is 18.3 Å². The lowest BCUT2D eigenvalue weighted by molar-refractivity contribution is 0.337. The third kappa shape index (κ3) is 3.61. The number of halogens is 1.